The van der Waals surface area contributed by atoms with E-state index in [1.165, 1.54) is 10.5 Å². The molecule has 0 atom stereocenters. The normalized spacial score (nSPS) is 10.7. The average Bonchev–Trinajstić information content (AvgIpc) is 2.90. The van der Waals surface area contributed by atoms with Gasteiger partial charge in [0.2, 0.25) is 0 Å². The highest BCUT2D eigenvalue weighted by molar-refractivity contribution is 5.87. The van der Waals surface area contributed by atoms with Gasteiger partial charge in [-0.1, -0.05) is 18.2 Å². The van der Waals surface area contributed by atoms with E-state index in [0.29, 0.717) is 22.8 Å². The van der Waals surface area contributed by atoms with Crippen molar-refractivity contribution in [2.75, 3.05) is 7.11 Å². The molecule has 0 aliphatic heterocycles. The zero-order valence-electron chi connectivity index (χ0n) is 10.6. The largest absolute Gasteiger partial charge is 0.496 e. The summed E-state index contributed by atoms with van der Waals surface area (Å²) in [5.41, 5.74) is 1.27. The third-order valence-electron chi connectivity index (χ3n) is 3.00. The molecule has 100 valence electrons. The fourth-order valence-corrected chi connectivity index (χ4v) is 2.11. The molecule has 0 saturated heterocycles. The number of hydrogen-bond acceptors (Lipinski definition) is 4. The number of carboxylic acid groups (broad SMARTS) is 1. The Labute approximate surface area is 114 Å². The summed E-state index contributed by atoms with van der Waals surface area (Å²) in [6.45, 7) is 0. The van der Waals surface area contributed by atoms with Crippen LogP contribution in [0.5, 0.6) is 5.75 Å². The number of aromatic carboxylic acids is 1. The number of hydrogen-bond donors (Lipinski definition) is 1. The molecule has 3 aromatic rings. The smallest absolute Gasteiger partial charge is 0.352 e. The fraction of sp³-hybridized carbons (Fsp3) is 0.0714. The number of methoxy groups -OCH3 is 1. The zero-order chi connectivity index (χ0) is 14.1. The molecule has 2 aromatic heterocycles. The lowest BCUT2D eigenvalue weighted by molar-refractivity contribution is 0.0689. The van der Waals surface area contributed by atoms with Crippen LogP contribution in [0, 0.1) is 0 Å². The second-order valence-corrected chi connectivity index (χ2v) is 4.13. The molecule has 0 bridgehead atoms. The summed E-state index contributed by atoms with van der Waals surface area (Å²) in [7, 11) is 1.56. The van der Waals surface area contributed by atoms with Gasteiger partial charge in [-0.05, 0) is 24.3 Å². The van der Waals surface area contributed by atoms with E-state index in [-0.39, 0.29) is 5.69 Å². The molecule has 6 heteroatoms. The van der Waals surface area contributed by atoms with Crippen molar-refractivity contribution in [1.29, 1.82) is 0 Å². The number of carbonyl (C=O) groups is 1. The van der Waals surface area contributed by atoms with E-state index >= 15 is 0 Å². The lowest BCUT2D eigenvalue weighted by Crippen LogP contribution is -2.06. The first-order valence-electron chi connectivity index (χ1n) is 5.93. The van der Waals surface area contributed by atoms with E-state index in [4.69, 9.17) is 4.74 Å². The SMILES string of the molecule is COc1ccccc1-c1nnc2cccc(C(=O)O)n12. The number of pyridine rings is 1. The number of ether oxygens (including phenoxy) is 1. The molecule has 1 aromatic carbocycles. The van der Waals surface area contributed by atoms with Gasteiger partial charge in [-0.25, -0.2) is 4.79 Å². The third kappa shape index (κ3) is 1.78. The van der Waals surface area contributed by atoms with E-state index in [0.717, 1.165) is 0 Å². The van der Waals surface area contributed by atoms with Crippen molar-refractivity contribution in [3.05, 3.63) is 48.2 Å². The monoisotopic (exact) mass is 269 g/mol. The molecule has 0 fully saturated rings. The Morgan fingerprint density at radius 1 is 1.15 bits per heavy atom. The Morgan fingerprint density at radius 3 is 2.70 bits per heavy atom. The zero-order valence-corrected chi connectivity index (χ0v) is 10.6. The molecule has 0 aliphatic rings. The van der Waals surface area contributed by atoms with Crippen molar-refractivity contribution in [3.8, 4) is 17.1 Å². The van der Waals surface area contributed by atoms with Gasteiger partial charge in [-0.3, -0.25) is 4.40 Å². The first-order valence-corrected chi connectivity index (χ1v) is 5.93. The molecule has 0 saturated carbocycles. The molecule has 6 nitrogen and oxygen atoms in total. The maximum absolute atomic E-state index is 11.3. The molecule has 0 aliphatic carbocycles. The number of rotatable bonds is 3. The van der Waals surface area contributed by atoms with Gasteiger partial charge in [0.1, 0.15) is 11.4 Å². The summed E-state index contributed by atoms with van der Waals surface area (Å²) >= 11 is 0. The van der Waals surface area contributed by atoms with E-state index in [1.807, 2.05) is 18.2 Å². The van der Waals surface area contributed by atoms with Crippen LogP contribution in [0.3, 0.4) is 0 Å². The van der Waals surface area contributed by atoms with E-state index < -0.39 is 5.97 Å². The van der Waals surface area contributed by atoms with Crippen molar-refractivity contribution < 1.29 is 14.6 Å². The van der Waals surface area contributed by atoms with Gasteiger partial charge in [0.25, 0.3) is 0 Å². The molecular weight excluding hydrogens is 258 g/mol. The number of para-hydroxylation sites is 1. The van der Waals surface area contributed by atoms with Crippen LogP contribution in [0.15, 0.2) is 42.5 Å². The molecule has 0 amide bonds. The van der Waals surface area contributed by atoms with E-state index in [1.54, 1.807) is 25.3 Å². The molecule has 20 heavy (non-hydrogen) atoms. The predicted octanol–water partition coefficient (Wildman–Crippen LogP) is 2.10. The molecule has 3 rings (SSSR count). The molecule has 0 radical (unpaired) electrons. The first-order chi connectivity index (χ1) is 9.72. The molecule has 0 spiro atoms. The Balaban J connectivity index is 2.35. The molecule has 1 N–H and O–H groups in total. The summed E-state index contributed by atoms with van der Waals surface area (Å²) in [5, 5.41) is 17.4. The number of nitrogens with zero attached hydrogens (tertiary/aromatic N) is 3. The van der Waals surface area contributed by atoms with Gasteiger partial charge < -0.3 is 9.84 Å². The van der Waals surface area contributed by atoms with Crippen LogP contribution >= 0.6 is 0 Å². The summed E-state index contributed by atoms with van der Waals surface area (Å²) in [4.78, 5) is 11.3. The average molecular weight is 269 g/mol. The summed E-state index contributed by atoms with van der Waals surface area (Å²) in [6, 6.07) is 12.1. The minimum atomic E-state index is -1.04. The minimum absolute atomic E-state index is 0.105. The van der Waals surface area contributed by atoms with Gasteiger partial charge >= 0.3 is 5.97 Å². The maximum atomic E-state index is 11.3. The first kappa shape index (κ1) is 12.2. The minimum Gasteiger partial charge on any atom is -0.496 e. The number of fused-ring (bicyclic) bond motifs is 1. The lowest BCUT2D eigenvalue weighted by Gasteiger charge is -2.08. The maximum Gasteiger partial charge on any atom is 0.352 e. The van der Waals surface area contributed by atoms with Gasteiger partial charge in [-0.2, -0.15) is 0 Å². The van der Waals surface area contributed by atoms with Gasteiger partial charge in [-0.15, -0.1) is 10.2 Å². The van der Waals surface area contributed by atoms with Crippen LogP contribution in [0.25, 0.3) is 17.0 Å². The standard InChI is InChI=1S/C14H11N3O3/c1-20-11-7-3-2-5-9(11)13-16-15-12-8-4-6-10(14(18)19)17(12)13/h2-8H,1H3,(H,18,19). The highest BCUT2D eigenvalue weighted by Crippen LogP contribution is 2.29. The fourth-order valence-electron chi connectivity index (χ4n) is 2.11. The Bertz CT molecular complexity index is 795. The number of benzene rings is 1. The van der Waals surface area contributed by atoms with Crippen molar-refractivity contribution in [3.63, 3.8) is 0 Å². The second kappa shape index (κ2) is 4.65. The lowest BCUT2D eigenvalue weighted by atomic mass is 10.2. The van der Waals surface area contributed by atoms with Crippen LogP contribution in [-0.4, -0.2) is 32.8 Å². The van der Waals surface area contributed by atoms with Crippen LogP contribution < -0.4 is 4.74 Å². The summed E-state index contributed by atoms with van der Waals surface area (Å²) < 4.78 is 6.79. The topological polar surface area (TPSA) is 76.7 Å². The number of carboxylic acids is 1. The highest BCUT2D eigenvalue weighted by Gasteiger charge is 2.17. The third-order valence-corrected chi connectivity index (χ3v) is 3.00. The molecule has 2 heterocycles. The predicted molar refractivity (Wildman–Crippen MR) is 71.9 cm³/mol. The van der Waals surface area contributed by atoms with Gasteiger partial charge in [0.05, 0.1) is 12.7 Å². The van der Waals surface area contributed by atoms with Crippen LogP contribution in [0.4, 0.5) is 0 Å². The Morgan fingerprint density at radius 2 is 1.95 bits per heavy atom. The summed E-state index contributed by atoms with van der Waals surface area (Å²) in [6.07, 6.45) is 0. The Kier molecular flexibility index (Phi) is 2.83. The van der Waals surface area contributed by atoms with Crippen molar-refractivity contribution in [2.45, 2.75) is 0 Å². The van der Waals surface area contributed by atoms with Crippen LogP contribution in [0.2, 0.25) is 0 Å². The summed E-state index contributed by atoms with van der Waals surface area (Å²) in [5.74, 6) is 0.0176. The van der Waals surface area contributed by atoms with Gasteiger partial charge in [0.15, 0.2) is 11.5 Å². The quantitative estimate of drug-likeness (QED) is 0.788. The van der Waals surface area contributed by atoms with Crippen molar-refractivity contribution in [2.24, 2.45) is 0 Å². The molecular formula is C14H11N3O3. The highest BCUT2D eigenvalue weighted by atomic mass is 16.5. The van der Waals surface area contributed by atoms with Crippen molar-refractivity contribution >= 4 is 11.6 Å². The van der Waals surface area contributed by atoms with E-state index in [9.17, 15) is 9.90 Å². The van der Waals surface area contributed by atoms with Crippen molar-refractivity contribution in [1.82, 2.24) is 14.6 Å². The second-order valence-electron chi connectivity index (χ2n) is 4.13. The Hall–Kier alpha value is -2.89. The molecule has 0 unspecified atom stereocenters. The van der Waals surface area contributed by atoms with Crippen LogP contribution in [-0.2, 0) is 0 Å². The van der Waals surface area contributed by atoms with E-state index in [2.05, 4.69) is 10.2 Å². The number of aromatic nitrogens is 3. The van der Waals surface area contributed by atoms with Gasteiger partial charge in [0, 0.05) is 0 Å². The van der Waals surface area contributed by atoms with Crippen LogP contribution in [0.1, 0.15) is 10.5 Å².